The van der Waals surface area contributed by atoms with Crippen molar-refractivity contribution < 1.29 is 19.1 Å². The summed E-state index contributed by atoms with van der Waals surface area (Å²) in [6, 6.07) is 6.03. The van der Waals surface area contributed by atoms with Crippen molar-refractivity contribution in [2.24, 2.45) is 0 Å². The lowest BCUT2D eigenvalue weighted by atomic mass is 10.0. The number of carboxylic acids is 1. The van der Waals surface area contributed by atoms with Crippen LogP contribution in [0.4, 0.5) is 4.39 Å². The van der Waals surface area contributed by atoms with E-state index in [0.29, 0.717) is 0 Å². The lowest BCUT2D eigenvalue weighted by Crippen LogP contribution is -2.34. The molecule has 0 unspecified atom stereocenters. The third kappa shape index (κ3) is 2.85. The molecule has 2 rings (SSSR count). The summed E-state index contributed by atoms with van der Waals surface area (Å²) in [5.41, 5.74) is 0.455. The minimum atomic E-state index is -0.989. The molecule has 4 nitrogen and oxygen atoms in total. The molecule has 5 heteroatoms. The number of halogens is 1. The molecule has 1 fully saturated rings. The van der Waals surface area contributed by atoms with Crippen LogP contribution in [-0.2, 0) is 15.1 Å². The fraction of sp³-hybridized carbons (Fsp3) is 0.385. The maximum absolute atomic E-state index is 12.8. The van der Waals surface area contributed by atoms with Gasteiger partial charge in [0.05, 0.1) is 12.0 Å². The van der Waals surface area contributed by atoms with E-state index in [1.807, 2.05) is 0 Å². The van der Waals surface area contributed by atoms with Crippen LogP contribution in [0.15, 0.2) is 24.3 Å². The normalized spacial score (nSPS) is 16.1. The van der Waals surface area contributed by atoms with Gasteiger partial charge in [-0.2, -0.15) is 0 Å². The van der Waals surface area contributed by atoms with Gasteiger partial charge in [-0.05, 0) is 30.5 Å². The van der Waals surface area contributed by atoms with E-state index in [2.05, 4.69) is 5.32 Å². The highest BCUT2D eigenvalue weighted by Gasteiger charge is 2.45. The average molecular weight is 251 g/mol. The third-order valence-electron chi connectivity index (χ3n) is 3.09. The number of carboxylic acid groups (broad SMARTS) is 1. The minimum Gasteiger partial charge on any atom is -0.481 e. The highest BCUT2D eigenvalue weighted by molar-refractivity contribution is 5.81. The zero-order valence-electron chi connectivity index (χ0n) is 9.78. The molecule has 1 aromatic rings. The van der Waals surface area contributed by atoms with Crippen LogP contribution in [0.25, 0.3) is 0 Å². The Balaban J connectivity index is 1.98. The van der Waals surface area contributed by atoms with Crippen LogP contribution >= 0.6 is 0 Å². The van der Waals surface area contributed by atoms with Gasteiger partial charge in [-0.25, -0.2) is 4.39 Å². The summed E-state index contributed by atoms with van der Waals surface area (Å²) in [5.74, 6) is -1.58. The summed E-state index contributed by atoms with van der Waals surface area (Å²) in [6.45, 7) is 0. The SMILES string of the molecule is O=C(O)CCC(=O)NC1(c2ccc(F)cc2)CC1. The third-order valence-corrected chi connectivity index (χ3v) is 3.09. The lowest BCUT2D eigenvalue weighted by Gasteiger charge is -2.17. The van der Waals surface area contributed by atoms with E-state index >= 15 is 0 Å². The molecule has 96 valence electrons. The number of nitrogens with one attached hydrogen (secondary N) is 1. The van der Waals surface area contributed by atoms with E-state index in [1.165, 1.54) is 12.1 Å². The van der Waals surface area contributed by atoms with Crippen molar-refractivity contribution in [1.29, 1.82) is 0 Å². The van der Waals surface area contributed by atoms with Crippen molar-refractivity contribution >= 4 is 11.9 Å². The van der Waals surface area contributed by atoms with Crippen LogP contribution in [0.1, 0.15) is 31.2 Å². The largest absolute Gasteiger partial charge is 0.481 e. The van der Waals surface area contributed by atoms with Gasteiger partial charge < -0.3 is 10.4 Å². The summed E-state index contributed by atoms with van der Waals surface area (Å²) in [4.78, 5) is 22.0. The molecular weight excluding hydrogens is 237 g/mol. The maximum Gasteiger partial charge on any atom is 0.303 e. The van der Waals surface area contributed by atoms with Gasteiger partial charge in [-0.3, -0.25) is 9.59 Å². The molecule has 0 radical (unpaired) electrons. The first-order chi connectivity index (χ1) is 8.52. The molecule has 1 aliphatic rings. The zero-order chi connectivity index (χ0) is 13.2. The van der Waals surface area contributed by atoms with Crippen LogP contribution in [0.3, 0.4) is 0 Å². The molecular formula is C13H14FNO3. The molecule has 1 aliphatic carbocycles. The van der Waals surface area contributed by atoms with Crippen molar-refractivity contribution in [1.82, 2.24) is 5.32 Å². The zero-order valence-corrected chi connectivity index (χ0v) is 9.78. The Morgan fingerprint density at radius 2 is 1.83 bits per heavy atom. The molecule has 2 N–H and O–H groups in total. The second-order valence-corrected chi connectivity index (χ2v) is 4.53. The highest BCUT2D eigenvalue weighted by atomic mass is 19.1. The fourth-order valence-corrected chi connectivity index (χ4v) is 1.93. The first-order valence-electron chi connectivity index (χ1n) is 5.81. The van der Waals surface area contributed by atoms with Crippen LogP contribution in [0.2, 0.25) is 0 Å². The number of hydrogen-bond acceptors (Lipinski definition) is 2. The van der Waals surface area contributed by atoms with Gasteiger partial charge in [0.2, 0.25) is 5.91 Å². The second-order valence-electron chi connectivity index (χ2n) is 4.53. The van der Waals surface area contributed by atoms with Gasteiger partial charge in [-0.1, -0.05) is 12.1 Å². The highest BCUT2D eigenvalue weighted by Crippen LogP contribution is 2.45. The summed E-state index contributed by atoms with van der Waals surface area (Å²) in [5, 5.41) is 11.3. The lowest BCUT2D eigenvalue weighted by molar-refractivity contribution is -0.139. The standard InChI is InChI=1S/C13H14FNO3/c14-10-3-1-9(2-4-10)13(7-8-13)15-11(16)5-6-12(17)18/h1-4H,5-8H2,(H,15,16)(H,17,18). The number of amides is 1. The van der Waals surface area contributed by atoms with Crippen LogP contribution in [-0.4, -0.2) is 17.0 Å². The van der Waals surface area contributed by atoms with E-state index < -0.39 is 11.5 Å². The molecule has 0 atom stereocenters. The quantitative estimate of drug-likeness (QED) is 0.838. The molecule has 0 aromatic heterocycles. The molecule has 0 heterocycles. The van der Waals surface area contributed by atoms with Crippen LogP contribution in [0, 0.1) is 5.82 Å². The molecule has 0 saturated heterocycles. The van der Waals surface area contributed by atoms with E-state index in [0.717, 1.165) is 18.4 Å². The number of carbonyl (C=O) groups is 2. The summed E-state index contributed by atoms with van der Waals surface area (Å²) >= 11 is 0. The van der Waals surface area contributed by atoms with Gasteiger partial charge >= 0.3 is 5.97 Å². The van der Waals surface area contributed by atoms with E-state index in [1.54, 1.807) is 12.1 Å². The van der Waals surface area contributed by atoms with Crippen molar-refractivity contribution in [3.8, 4) is 0 Å². The Kier molecular flexibility index (Phi) is 3.32. The maximum atomic E-state index is 12.8. The van der Waals surface area contributed by atoms with Gasteiger partial charge in [0.25, 0.3) is 0 Å². The summed E-state index contributed by atoms with van der Waals surface area (Å²) in [6.07, 6.45) is 1.40. The Morgan fingerprint density at radius 1 is 1.22 bits per heavy atom. The van der Waals surface area contributed by atoms with E-state index in [-0.39, 0.29) is 24.6 Å². The van der Waals surface area contributed by atoms with E-state index in [4.69, 9.17) is 5.11 Å². The number of aliphatic carboxylic acids is 1. The van der Waals surface area contributed by atoms with Crippen molar-refractivity contribution in [2.45, 2.75) is 31.2 Å². The first kappa shape index (κ1) is 12.5. The predicted octanol–water partition coefficient (Wildman–Crippen LogP) is 1.80. The van der Waals surface area contributed by atoms with Crippen molar-refractivity contribution in [3.05, 3.63) is 35.6 Å². The number of rotatable bonds is 5. The molecule has 0 bridgehead atoms. The Hall–Kier alpha value is -1.91. The molecule has 18 heavy (non-hydrogen) atoms. The van der Waals surface area contributed by atoms with Crippen LogP contribution < -0.4 is 5.32 Å². The number of hydrogen-bond donors (Lipinski definition) is 2. The van der Waals surface area contributed by atoms with Gasteiger partial charge in [-0.15, -0.1) is 0 Å². The monoisotopic (exact) mass is 251 g/mol. The molecule has 1 aromatic carbocycles. The Morgan fingerprint density at radius 3 is 2.33 bits per heavy atom. The molecule has 0 aliphatic heterocycles. The fourth-order valence-electron chi connectivity index (χ4n) is 1.93. The predicted molar refractivity (Wildman–Crippen MR) is 62.3 cm³/mol. The first-order valence-corrected chi connectivity index (χ1v) is 5.81. The minimum absolute atomic E-state index is 0.0295. The van der Waals surface area contributed by atoms with Gasteiger partial charge in [0.15, 0.2) is 0 Å². The topological polar surface area (TPSA) is 66.4 Å². The smallest absolute Gasteiger partial charge is 0.303 e. The van der Waals surface area contributed by atoms with E-state index in [9.17, 15) is 14.0 Å². The van der Waals surface area contributed by atoms with Gasteiger partial charge in [0.1, 0.15) is 5.82 Å². The average Bonchev–Trinajstić information content (AvgIpc) is 3.08. The molecule has 0 spiro atoms. The van der Waals surface area contributed by atoms with Gasteiger partial charge in [0, 0.05) is 6.42 Å². The Bertz CT molecular complexity index is 466. The molecule has 1 saturated carbocycles. The molecule has 1 amide bonds. The summed E-state index contributed by atoms with van der Waals surface area (Å²) < 4.78 is 12.8. The second kappa shape index (κ2) is 4.76. The summed E-state index contributed by atoms with van der Waals surface area (Å²) in [7, 11) is 0. The number of carbonyl (C=O) groups excluding carboxylic acids is 1. The van der Waals surface area contributed by atoms with Crippen LogP contribution in [0.5, 0.6) is 0 Å². The van der Waals surface area contributed by atoms with Crippen molar-refractivity contribution in [3.63, 3.8) is 0 Å². The Labute approximate surface area is 104 Å². The van der Waals surface area contributed by atoms with Crippen molar-refractivity contribution in [2.75, 3.05) is 0 Å². The number of benzene rings is 1.